The third kappa shape index (κ3) is 5.93. The molecule has 0 bridgehead atoms. The summed E-state index contributed by atoms with van der Waals surface area (Å²) in [5, 5.41) is 4.05. The Kier molecular flexibility index (Phi) is 7.83. The molecule has 1 fully saturated rings. The van der Waals surface area contributed by atoms with Crippen LogP contribution in [0.5, 0.6) is 11.5 Å². The van der Waals surface area contributed by atoms with Gasteiger partial charge < -0.3 is 14.8 Å². The summed E-state index contributed by atoms with van der Waals surface area (Å²) in [5.41, 5.74) is 2.12. The number of nitrogens with zero attached hydrogens (tertiary/aromatic N) is 1. The van der Waals surface area contributed by atoms with Crippen molar-refractivity contribution >= 4 is 73.7 Å². The van der Waals surface area contributed by atoms with Crippen LogP contribution in [0, 0.1) is 5.82 Å². The smallest absolute Gasteiger partial charge is 0.264 e. The highest BCUT2D eigenvalue weighted by atomic mass is 79.9. The number of methoxy groups -OCH3 is 1. The first kappa shape index (κ1) is 24.6. The molecule has 10 heteroatoms. The summed E-state index contributed by atoms with van der Waals surface area (Å²) in [7, 11) is 1.54. The fourth-order valence-corrected chi connectivity index (χ4v) is 4.75. The van der Waals surface area contributed by atoms with Gasteiger partial charge in [0.1, 0.15) is 12.4 Å². The molecule has 4 rings (SSSR count). The van der Waals surface area contributed by atoms with E-state index in [1.165, 1.54) is 43.1 Å². The van der Waals surface area contributed by atoms with E-state index in [-0.39, 0.29) is 18.3 Å². The predicted octanol–water partition coefficient (Wildman–Crippen LogP) is 7.37. The average molecular weight is 582 g/mol. The number of carbonyl (C=O) groups excluding carboxylic acids is 1. The van der Waals surface area contributed by atoms with Gasteiger partial charge in [0.05, 0.1) is 32.2 Å². The second-order valence-corrected chi connectivity index (χ2v) is 9.73. The van der Waals surface area contributed by atoms with Crippen LogP contribution in [0.3, 0.4) is 0 Å². The first-order valence-electron chi connectivity index (χ1n) is 9.82. The van der Waals surface area contributed by atoms with Crippen LogP contribution in [0.15, 0.2) is 69.0 Å². The Morgan fingerprint density at radius 2 is 1.88 bits per heavy atom. The van der Waals surface area contributed by atoms with E-state index >= 15 is 0 Å². The van der Waals surface area contributed by atoms with Gasteiger partial charge in [0.2, 0.25) is 0 Å². The molecule has 3 aromatic rings. The van der Waals surface area contributed by atoms with E-state index in [9.17, 15) is 9.18 Å². The summed E-state index contributed by atoms with van der Waals surface area (Å²) in [6.45, 7) is 0.258. The lowest BCUT2D eigenvalue weighted by Gasteiger charge is -2.14. The van der Waals surface area contributed by atoms with E-state index in [1.54, 1.807) is 24.3 Å². The number of halogens is 4. The SMILES string of the molecule is COc1cc(/C=C2/SC(=Nc3ccc(F)cc3)NC2=O)cc(Br)c1OCc1ccc(Cl)c(Cl)c1. The van der Waals surface area contributed by atoms with Crippen molar-refractivity contribution in [3.63, 3.8) is 0 Å². The van der Waals surface area contributed by atoms with Crippen LogP contribution in [0.25, 0.3) is 6.08 Å². The van der Waals surface area contributed by atoms with Crippen molar-refractivity contribution in [2.75, 3.05) is 7.11 Å². The Balaban J connectivity index is 1.53. The van der Waals surface area contributed by atoms with Crippen LogP contribution >= 0.6 is 50.9 Å². The highest BCUT2D eigenvalue weighted by molar-refractivity contribution is 9.10. The van der Waals surface area contributed by atoms with E-state index < -0.39 is 0 Å². The van der Waals surface area contributed by atoms with Crippen molar-refractivity contribution < 1.29 is 18.7 Å². The lowest BCUT2D eigenvalue weighted by atomic mass is 10.2. The molecule has 0 spiro atoms. The standard InChI is InChI=1S/C24H16BrCl2FN2O3S/c1-32-20-10-14(8-17(25)22(20)33-12-13-2-7-18(26)19(27)9-13)11-21-23(31)30-24(34-21)29-16-5-3-15(28)4-6-16/h2-11H,12H2,1H3,(H,29,30,31)/b21-11+. The van der Waals surface area contributed by atoms with Crippen molar-refractivity contribution in [3.05, 3.63) is 91.0 Å². The number of hydrogen-bond donors (Lipinski definition) is 1. The fraction of sp³-hybridized carbons (Fsp3) is 0.0833. The molecule has 0 unspecified atom stereocenters. The second-order valence-electron chi connectivity index (χ2n) is 7.03. The van der Waals surface area contributed by atoms with Gasteiger partial charge in [-0.25, -0.2) is 9.38 Å². The monoisotopic (exact) mass is 580 g/mol. The number of carbonyl (C=O) groups is 1. The lowest BCUT2D eigenvalue weighted by molar-refractivity contribution is -0.115. The molecule has 0 saturated carbocycles. The molecular formula is C24H16BrCl2FN2O3S. The zero-order valence-electron chi connectivity index (χ0n) is 17.6. The molecule has 1 heterocycles. The summed E-state index contributed by atoms with van der Waals surface area (Å²) in [5.74, 6) is 0.375. The number of thioether (sulfide) groups is 1. The van der Waals surface area contributed by atoms with Gasteiger partial charge in [0.25, 0.3) is 5.91 Å². The Bertz CT molecular complexity index is 1320. The first-order valence-corrected chi connectivity index (χ1v) is 12.2. The number of ether oxygens (including phenoxy) is 2. The van der Waals surface area contributed by atoms with E-state index in [2.05, 4.69) is 26.2 Å². The van der Waals surface area contributed by atoms with Gasteiger partial charge in [-0.1, -0.05) is 29.3 Å². The Labute approximate surface area is 218 Å². The summed E-state index contributed by atoms with van der Waals surface area (Å²) >= 11 is 16.8. The zero-order valence-corrected chi connectivity index (χ0v) is 21.5. The lowest BCUT2D eigenvalue weighted by Crippen LogP contribution is -2.19. The van der Waals surface area contributed by atoms with Gasteiger partial charge in [-0.2, -0.15) is 0 Å². The second kappa shape index (κ2) is 10.8. The maximum atomic E-state index is 13.1. The van der Waals surface area contributed by atoms with Crippen molar-refractivity contribution in [2.45, 2.75) is 6.61 Å². The van der Waals surface area contributed by atoms with Crippen molar-refractivity contribution in [3.8, 4) is 11.5 Å². The van der Waals surface area contributed by atoms with Crippen LogP contribution in [0.4, 0.5) is 10.1 Å². The molecule has 174 valence electrons. The maximum absolute atomic E-state index is 13.1. The Morgan fingerprint density at radius 1 is 1.12 bits per heavy atom. The quantitative estimate of drug-likeness (QED) is 0.309. The zero-order chi connectivity index (χ0) is 24.2. The number of amides is 1. The number of nitrogens with one attached hydrogen (secondary N) is 1. The van der Waals surface area contributed by atoms with Gasteiger partial charge in [-0.15, -0.1) is 0 Å². The summed E-state index contributed by atoms with van der Waals surface area (Å²) in [6, 6.07) is 14.6. The van der Waals surface area contributed by atoms with Crippen LogP contribution in [0.2, 0.25) is 10.0 Å². The third-order valence-corrected chi connectivity index (χ3v) is 6.86. The Hall–Kier alpha value is -2.52. The highest BCUT2D eigenvalue weighted by Crippen LogP contribution is 2.39. The molecular weight excluding hydrogens is 566 g/mol. The molecule has 0 radical (unpaired) electrons. The molecule has 34 heavy (non-hydrogen) atoms. The molecule has 3 aromatic carbocycles. The number of aliphatic imine (C=N–C) groups is 1. The van der Waals surface area contributed by atoms with Crippen molar-refractivity contribution in [1.29, 1.82) is 0 Å². The average Bonchev–Trinajstić information content (AvgIpc) is 3.15. The minimum absolute atomic E-state index is 0.258. The van der Waals surface area contributed by atoms with Crippen LogP contribution in [-0.2, 0) is 11.4 Å². The molecule has 0 atom stereocenters. The molecule has 1 amide bonds. The minimum atomic E-state index is -0.350. The van der Waals surface area contributed by atoms with Crippen LogP contribution in [0.1, 0.15) is 11.1 Å². The number of hydrogen-bond acceptors (Lipinski definition) is 5. The summed E-state index contributed by atoms with van der Waals surface area (Å²) in [6.07, 6.45) is 1.73. The Morgan fingerprint density at radius 3 is 2.59 bits per heavy atom. The van der Waals surface area contributed by atoms with E-state index in [1.807, 2.05) is 12.1 Å². The molecule has 1 saturated heterocycles. The van der Waals surface area contributed by atoms with E-state index in [0.717, 1.165) is 11.1 Å². The largest absolute Gasteiger partial charge is 0.493 e. The van der Waals surface area contributed by atoms with Gasteiger partial charge in [0.15, 0.2) is 16.7 Å². The fourth-order valence-electron chi connectivity index (χ4n) is 3.01. The normalized spacial score (nSPS) is 15.6. The van der Waals surface area contributed by atoms with E-state index in [4.69, 9.17) is 32.7 Å². The van der Waals surface area contributed by atoms with Crippen molar-refractivity contribution in [1.82, 2.24) is 5.32 Å². The number of amidine groups is 1. The highest BCUT2D eigenvalue weighted by Gasteiger charge is 2.24. The number of benzene rings is 3. The van der Waals surface area contributed by atoms with E-state index in [0.29, 0.717) is 41.8 Å². The van der Waals surface area contributed by atoms with Gasteiger partial charge in [-0.3, -0.25) is 4.79 Å². The minimum Gasteiger partial charge on any atom is -0.493 e. The molecule has 1 aliphatic heterocycles. The van der Waals surface area contributed by atoms with Crippen LogP contribution < -0.4 is 14.8 Å². The molecule has 5 nitrogen and oxygen atoms in total. The molecule has 0 aromatic heterocycles. The molecule has 1 aliphatic rings. The summed E-state index contributed by atoms with van der Waals surface area (Å²) < 4.78 is 25.2. The van der Waals surface area contributed by atoms with Crippen LogP contribution in [-0.4, -0.2) is 18.2 Å². The molecule has 1 N–H and O–H groups in total. The third-order valence-electron chi connectivity index (χ3n) is 4.62. The summed E-state index contributed by atoms with van der Waals surface area (Å²) in [4.78, 5) is 17.2. The van der Waals surface area contributed by atoms with Gasteiger partial charge in [0, 0.05) is 0 Å². The molecule has 0 aliphatic carbocycles. The maximum Gasteiger partial charge on any atom is 0.264 e. The number of rotatable bonds is 6. The van der Waals surface area contributed by atoms with Crippen molar-refractivity contribution in [2.24, 2.45) is 4.99 Å². The van der Waals surface area contributed by atoms with Gasteiger partial charge >= 0.3 is 0 Å². The van der Waals surface area contributed by atoms with Gasteiger partial charge in [-0.05, 0) is 93.4 Å². The predicted molar refractivity (Wildman–Crippen MR) is 139 cm³/mol. The topological polar surface area (TPSA) is 59.9 Å². The first-order chi connectivity index (χ1) is 16.3.